The molecule has 1 atom stereocenters. The highest BCUT2D eigenvalue weighted by molar-refractivity contribution is 5.46. The van der Waals surface area contributed by atoms with Gasteiger partial charge in [0.05, 0.1) is 6.61 Å². The highest BCUT2D eigenvalue weighted by Crippen LogP contribution is 2.30. The molecule has 6 heteroatoms. The van der Waals surface area contributed by atoms with Crippen LogP contribution in [-0.2, 0) is 10.9 Å². The van der Waals surface area contributed by atoms with E-state index in [1.54, 1.807) is 13.1 Å². The molecule has 2 rings (SSSR count). The molecule has 0 spiro atoms. The van der Waals surface area contributed by atoms with Crippen molar-refractivity contribution in [2.45, 2.75) is 12.6 Å². The number of pyridine rings is 1. The minimum absolute atomic E-state index is 0.387. The summed E-state index contributed by atoms with van der Waals surface area (Å²) in [5.74, 6) is 0.387. The Bertz CT molecular complexity index is 403. The number of aromatic nitrogens is 1. The van der Waals surface area contributed by atoms with Crippen molar-refractivity contribution in [2.24, 2.45) is 5.92 Å². The molecule has 1 aromatic rings. The van der Waals surface area contributed by atoms with Crippen LogP contribution in [0.3, 0.4) is 0 Å². The monoisotopic (exact) mass is 260 g/mol. The second-order valence-corrected chi connectivity index (χ2v) is 4.51. The first-order valence-electron chi connectivity index (χ1n) is 5.79. The predicted octanol–water partition coefficient (Wildman–Crippen LogP) is 2.57. The second kappa shape index (κ2) is 5.14. The number of hydrogen-bond acceptors (Lipinski definition) is 3. The maximum atomic E-state index is 12.5. The lowest BCUT2D eigenvalue weighted by molar-refractivity contribution is -0.141. The normalized spacial score (nSPS) is 20.1. The van der Waals surface area contributed by atoms with Crippen LogP contribution >= 0.6 is 0 Å². The van der Waals surface area contributed by atoms with Crippen molar-refractivity contribution in [1.29, 1.82) is 0 Å². The molecular weight excluding hydrogens is 245 g/mol. The topological polar surface area (TPSA) is 25.4 Å². The average molecular weight is 260 g/mol. The molecule has 0 saturated carbocycles. The van der Waals surface area contributed by atoms with E-state index in [4.69, 9.17) is 4.74 Å². The standard InChI is InChI=1S/C12H15F3N2O/c1-17(7-9-3-5-18-8-9)10-2-4-16-11(6-10)12(13,14)15/h2,4,6,9H,3,5,7-8H2,1H3. The largest absolute Gasteiger partial charge is 0.433 e. The molecule has 1 aliphatic rings. The zero-order valence-electron chi connectivity index (χ0n) is 10.1. The molecule has 1 aliphatic heterocycles. The zero-order chi connectivity index (χ0) is 13.2. The third-order valence-electron chi connectivity index (χ3n) is 3.03. The summed E-state index contributed by atoms with van der Waals surface area (Å²) in [6, 6.07) is 2.67. The number of anilines is 1. The van der Waals surface area contributed by atoms with Crippen LogP contribution in [0.5, 0.6) is 0 Å². The van der Waals surface area contributed by atoms with Gasteiger partial charge in [-0.15, -0.1) is 0 Å². The number of rotatable bonds is 3. The van der Waals surface area contributed by atoms with Crippen molar-refractivity contribution < 1.29 is 17.9 Å². The summed E-state index contributed by atoms with van der Waals surface area (Å²) < 4.78 is 42.9. The Balaban J connectivity index is 2.07. The Morgan fingerprint density at radius 3 is 2.89 bits per heavy atom. The Morgan fingerprint density at radius 2 is 2.28 bits per heavy atom. The van der Waals surface area contributed by atoms with Gasteiger partial charge in [-0.1, -0.05) is 0 Å². The third-order valence-corrected chi connectivity index (χ3v) is 3.03. The van der Waals surface area contributed by atoms with Crippen LogP contribution in [0.15, 0.2) is 18.3 Å². The average Bonchev–Trinajstić information content (AvgIpc) is 2.81. The van der Waals surface area contributed by atoms with E-state index >= 15 is 0 Å². The lowest BCUT2D eigenvalue weighted by Crippen LogP contribution is -2.26. The molecule has 3 nitrogen and oxygen atoms in total. The smallest absolute Gasteiger partial charge is 0.381 e. The molecular formula is C12H15F3N2O. The summed E-state index contributed by atoms with van der Waals surface area (Å²) in [6.45, 7) is 2.12. The molecule has 0 bridgehead atoms. The second-order valence-electron chi connectivity index (χ2n) is 4.51. The van der Waals surface area contributed by atoms with E-state index in [0.29, 0.717) is 24.8 Å². The highest BCUT2D eigenvalue weighted by atomic mass is 19.4. The van der Waals surface area contributed by atoms with Gasteiger partial charge in [-0.3, -0.25) is 4.98 Å². The van der Waals surface area contributed by atoms with Crippen molar-refractivity contribution in [2.75, 3.05) is 31.7 Å². The molecule has 0 amide bonds. The fourth-order valence-corrected chi connectivity index (χ4v) is 2.03. The van der Waals surface area contributed by atoms with E-state index in [0.717, 1.165) is 19.1 Å². The molecule has 0 aromatic carbocycles. The summed E-state index contributed by atoms with van der Waals surface area (Å²) in [5.41, 5.74) is -0.321. The minimum atomic E-state index is -4.40. The maximum Gasteiger partial charge on any atom is 0.433 e. The number of nitrogens with zero attached hydrogens (tertiary/aromatic N) is 2. The maximum absolute atomic E-state index is 12.5. The summed E-state index contributed by atoms with van der Waals surface area (Å²) in [6.07, 6.45) is -2.24. The molecule has 100 valence electrons. The van der Waals surface area contributed by atoms with Crippen LogP contribution in [-0.4, -0.2) is 31.8 Å². The number of alkyl halides is 3. The lowest BCUT2D eigenvalue weighted by Gasteiger charge is -2.22. The number of halogens is 3. The molecule has 1 fully saturated rings. The van der Waals surface area contributed by atoms with Gasteiger partial charge >= 0.3 is 6.18 Å². The molecule has 0 aliphatic carbocycles. The summed E-state index contributed by atoms with van der Waals surface area (Å²) in [4.78, 5) is 5.16. The van der Waals surface area contributed by atoms with Crippen LogP contribution in [0.1, 0.15) is 12.1 Å². The van der Waals surface area contributed by atoms with Gasteiger partial charge in [0.2, 0.25) is 0 Å². The first kappa shape index (κ1) is 13.1. The third kappa shape index (κ3) is 3.13. The van der Waals surface area contributed by atoms with Gasteiger partial charge in [-0.25, -0.2) is 0 Å². The van der Waals surface area contributed by atoms with Crippen LogP contribution in [0.25, 0.3) is 0 Å². The van der Waals surface area contributed by atoms with E-state index < -0.39 is 11.9 Å². The highest BCUT2D eigenvalue weighted by Gasteiger charge is 2.32. The Morgan fingerprint density at radius 1 is 1.50 bits per heavy atom. The van der Waals surface area contributed by atoms with Gasteiger partial charge in [0.1, 0.15) is 5.69 Å². The summed E-state index contributed by atoms with van der Waals surface area (Å²) in [7, 11) is 1.79. The molecule has 1 saturated heterocycles. The van der Waals surface area contributed by atoms with E-state index in [1.807, 2.05) is 4.90 Å². The van der Waals surface area contributed by atoms with Crippen molar-refractivity contribution >= 4 is 5.69 Å². The molecule has 1 unspecified atom stereocenters. The van der Waals surface area contributed by atoms with Crippen LogP contribution in [0.2, 0.25) is 0 Å². The fourth-order valence-electron chi connectivity index (χ4n) is 2.03. The predicted molar refractivity (Wildman–Crippen MR) is 61.4 cm³/mol. The molecule has 0 radical (unpaired) electrons. The quantitative estimate of drug-likeness (QED) is 0.835. The van der Waals surface area contributed by atoms with Crippen molar-refractivity contribution in [1.82, 2.24) is 4.98 Å². The summed E-state index contributed by atoms with van der Waals surface area (Å²) in [5, 5.41) is 0. The van der Waals surface area contributed by atoms with E-state index in [-0.39, 0.29) is 0 Å². The Labute approximate surface area is 104 Å². The molecule has 18 heavy (non-hydrogen) atoms. The molecule has 1 aromatic heterocycles. The number of hydrogen-bond donors (Lipinski definition) is 0. The molecule has 0 N–H and O–H groups in total. The lowest BCUT2D eigenvalue weighted by atomic mass is 10.1. The van der Waals surface area contributed by atoms with Gasteiger partial charge in [-0.2, -0.15) is 13.2 Å². The van der Waals surface area contributed by atoms with Crippen LogP contribution in [0.4, 0.5) is 18.9 Å². The zero-order valence-corrected chi connectivity index (χ0v) is 10.1. The van der Waals surface area contributed by atoms with Gasteiger partial charge < -0.3 is 9.64 Å². The van der Waals surface area contributed by atoms with Gasteiger partial charge in [0, 0.05) is 38.0 Å². The van der Waals surface area contributed by atoms with Gasteiger partial charge in [-0.05, 0) is 18.6 Å². The minimum Gasteiger partial charge on any atom is -0.381 e. The first-order chi connectivity index (χ1) is 8.47. The SMILES string of the molecule is CN(CC1CCOC1)c1ccnc(C(F)(F)F)c1. The van der Waals surface area contributed by atoms with E-state index in [1.165, 1.54) is 6.20 Å². The van der Waals surface area contributed by atoms with Crippen LogP contribution < -0.4 is 4.90 Å². The van der Waals surface area contributed by atoms with E-state index in [2.05, 4.69) is 4.98 Å². The van der Waals surface area contributed by atoms with Gasteiger partial charge in [0.15, 0.2) is 0 Å². The van der Waals surface area contributed by atoms with Crippen LogP contribution in [0, 0.1) is 5.92 Å². The molecule has 2 heterocycles. The van der Waals surface area contributed by atoms with Crippen molar-refractivity contribution in [3.8, 4) is 0 Å². The van der Waals surface area contributed by atoms with Gasteiger partial charge in [0.25, 0.3) is 0 Å². The first-order valence-corrected chi connectivity index (χ1v) is 5.79. The Kier molecular flexibility index (Phi) is 3.75. The fraction of sp³-hybridized carbons (Fsp3) is 0.583. The summed E-state index contributed by atoms with van der Waals surface area (Å²) >= 11 is 0. The number of ether oxygens (including phenoxy) is 1. The van der Waals surface area contributed by atoms with Crippen molar-refractivity contribution in [3.05, 3.63) is 24.0 Å². The Hall–Kier alpha value is -1.30. The van der Waals surface area contributed by atoms with E-state index in [9.17, 15) is 13.2 Å². The van der Waals surface area contributed by atoms with Crippen molar-refractivity contribution in [3.63, 3.8) is 0 Å².